The molecule has 2 aliphatic heterocycles. The van der Waals surface area contributed by atoms with E-state index in [0.717, 1.165) is 30.6 Å². The van der Waals surface area contributed by atoms with Gasteiger partial charge >= 0.3 is 6.03 Å². The Morgan fingerprint density at radius 3 is 2.56 bits per heavy atom. The van der Waals surface area contributed by atoms with Crippen molar-refractivity contribution in [2.75, 3.05) is 31.6 Å². The third kappa shape index (κ3) is 5.68. The van der Waals surface area contributed by atoms with Crippen LogP contribution < -0.4 is 10.6 Å². The Morgan fingerprint density at radius 1 is 1.22 bits per heavy atom. The largest absolute Gasteiger partial charge is 0.376 e. The van der Waals surface area contributed by atoms with Gasteiger partial charge in [-0.3, -0.25) is 4.79 Å². The van der Waals surface area contributed by atoms with Crippen molar-refractivity contribution in [2.45, 2.75) is 57.7 Å². The molecule has 0 aliphatic carbocycles. The van der Waals surface area contributed by atoms with Crippen LogP contribution in [-0.4, -0.2) is 49.2 Å². The summed E-state index contributed by atoms with van der Waals surface area (Å²) in [5, 5.41) is 14.7. The Labute approximate surface area is 211 Å². The maximum Gasteiger partial charge on any atom is 0.319 e. The lowest BCUT2D eigenvalue weighted by Gasteiger charge is -2.37. The van der Waals surface area contributed by atoms with Gasteiger partial charge in [0.05, 0.1) is 17.7 Å². The number of carbonyl (C=O) groups excluding carboxylic acids is 2. The molecule has 2 N–H and O–H groups in total. The zero-order chi connectivity index (χ0) is 25.7. The minimum absolute atomic E-state index is 0.0439. The number of urea groups is 1. The average Bonchev–Trinajstić information content (AvgIpc) is 3.42. The normalized spacial score (nSPS) is 18.9. The van der Waals surface area contributed by atoms with Crippen LogP contribution in [0.4, 0.5) is 14.9 Å². The van der Waals surface area contributed by atoms with Crippen molar-refractivity contribution in [3.63, 3.8) is 0 Å². The van der Waals surface area contributed by atoms with Gasteiger partial charge in [-0.05, 0) is 61.1 Å². The predicted octanol–water partition coefficient (Wildman–Crippen LogP) is 4.83. The van der Waals surface area contributed by atoms with Crippen molar-refractivity contribution in [1.29, 1.82) is 5.26 Å². The molecule has 2 heterocycles. The van der Waals surface area contributed by atoms with E-state index in [1.807, 2.05) is 26.0 Å². The van der Waals surface area contributed by atoms with Crippen LogP contribution in [0, 0.1) is 18.3 Å². The van der Waals surface area contributed by atoms with Gasteiger partial charge in [0, 0.05) is 50.3 Å². The van der Waals surface area contributed by atoms with Gasteiger partial charge in [-0.15, -0.1) is 0 Å². The Morgan fingerprint density at radius 2 is 1.94 bits per heavy atom. The van der Waals surface area contributed by atoms with Crippen LogP contribution in [0.1, 0.15) is 65.2 Å². The van der Waals surface area contributed by atoms with Gasteiger partial charge in [0.2, 0.25) is 0 Å². The van der Waals surface area contributed by atoms with Crippen molar-refractivity contribution in [1.82, 2.24) is 10.2 Å². The second-order valence-corrected chi connectivity index (χ2v) is 9.59. The Bertz CT molecular complexity index is 1140. The Kier molecular flexibility index (Phi) is 7.90. The second-order valence-electron chi connectivity index (χ2n) is 9.59. The number of alkyl halides is 1. The Balaban J connectivity index is 1.43. The van der Waals surface area contributed by atoms with Gasteiger partial charge in [-0.1, -0.05) is 25.1 Å². The summed E-state index contributed by atoms with van der Waals surface area (Å²) >= 11 is 0. The van der Waals surface area contributed by atoms with Crippen molar-refractivity contribution in [3.05, 3.63) is 64.2 Å². The highest BCUT2D eigenvalue weighted by atomic mass is 19.1. The summed E-state index contributed by atoms with van der Waals surface area (Å²) in [7, 11) is 0. The third-order valence-corrected chi connectivity index (χ3v) is 7.20. The summed E-state index contributed by atoms with van der Waals surface area (Å²) in [5.41, 5.74) is 2.38. The fourth-order valence-electron chi connectivity index (χ4n) is 4.94. The highest BCUT2D eigenvalue weighted by Crippen LogP contribution is 2.37. The van der Waals surface area contributed by atoms with Crippen LogP contribution in [0.2, 0.25) is 0 Å². The number of nitrogens with one attached hydrogen (secondary N) is 2. The summed E-state index contributed by atoms with van der Waals surface area (Å²) in [5.74, 6) is -0.156. The molecule has 2 saturated heterocycles. The molecule has 4 rings (SSSR count). The van der Waals surface area contributed by atoms with Crippen LogP contribution in [0.5, 0.6) is 0 Å². The number of hydrogen-bond donors (Lipinski definition) is 2. The summed E-state index contributed by atoms with van der Waals surface area (Å²) in [6.07, 6.45) is 3.03. The van der Waals surface area contributed by atoms with Crippen LogP contribution in [0.3, 0.4) is 0 Å². The molecular formula is C28H33FN4O3. The van der Waals surface area contributed by atoms with Gasteiger partial charge in [-0.25, -0.2) is 9.18 Å². The number of likely N-dealkylation sites (tertiary alicyclic amines) is 1. The molecule has 2 aromatic carbocycles. The van der Waals surface area contributed by atoms with Crippen molar-refractivity contribution in [3.8, 4) is 6.07 Å². The monoisotopic (exact) mass is 492 g/mol. The molecule has 7 nitrogen and oxygen atoms in total. The number of hydrogen-bond acceptors (Lipinski definition) is 4. The summed E-state index contributed by atoms with van der Waals surface area (Å²) in [6, 6.07) is 12.0. The first-order chi connectivity index (χ1) is 17.3. The topological polar surface area (TPSA) is 94.5 Å². The summed E-state index contributed by atoms with van der Waals surface area (Å²) in [4.78, 5) is 27.6. The predicted molar refractivity (Wildman–Crippen MR) is 136 cm³/mol. The number of ether oxygens (including phenoxy) is 1. The fourth-order valence-corrected chi connectivity index (χ4v) is 4.94. The van der Waals surface area contributed by atoms with Gasteiger partial charge < -0.3 is 20.3 Å². The van der Waals surface area contributed by atoms with Crippen LogP contribution in [0.15, 0.2) is 36.4 Å². The minimum atomic E-state index is -1.53. The molecule has 0 saturated carbocycles. The third-order valence-electron chi connectivity index (χ3n) is 7.20. The molecule has 0 radical (unpaired) electrons. The minimum Gasteiger partial charge on any atom is -0.376 e. The lowest BCUT2D eigenvalue weighted by atomic mass is 9.85. The maximum atomic E-state index is 15.7. The van der Waals surface area contributed by atoms with Gasteiger partial charge in [0.25, 0.3) is 5.91 Å². The zero-order valence-electron chi connectivity index (χ0n) is 20.9. The summed E-state index contributed by atoms with van der Waals surface area (Å²) < 4.78 is 21.2. The van der Waals surface area contributed by atoms with Crippen molar-refractivity contribution >= 4 is 17.6 Å². The van der Waals surface area contributed by atoms with Crippen LogP contribution in [-0.2, 0) is 16.8 Å². The number of piperidine rings is 1. The highest BCUT2D eigenvalue weighted by molar-refractivity contribution is 5.99. The molecular weight excluding hydrogens is 459 g/mol. The maximum absolute atomic E-state index is 15.7. The van der Waals surface area contributed by atoms with Gasteiger partial charge in [0.1, 0.15) is 5.67 Å². The number of nitrogens with zero attached hydrogens (tertiary/aromatic N) is 2. The molecule has 3 amide bonds. The van der Waals surface area contributed by atoms with E-state index in [1.165, 1.54) is 0 Å². The van der Waals surface area contributed by atoms with Gasteiger partial charge in [0.15, 0.2) is 0 Å². The lowest BCUT2D eigenvalue weighted by molar-refractivity contribution is 0.0420. The molecule has 8 heteroatoms. The number of benzene rings is 2. The number of nitriles is 1. The van der Waals surface area contributed by atoms with E-state index in [9.17, 15) is 9.59 Å². The second kappa shape index (κ2) is 11.1. The Hall–Kier alpha value is -3.44. The molecule has 0 unspecified atom stereocenters. The van der Waals surface area contributed by atoms with E-state index in [0.29, 0.717) is 35.3 Å². The van der Waals surface area contributed by atoms with Crippen LogP contribution in [0.25, 0.3) is 0 Å². The average molecular weight is 493 g/mol. The molecule has 0 aromatic heterocycles. The smallest absolute Gasteiger partial charge is 0.319 e. The fraction of sp³-hybridized carbons (Fsp3) is 0.464. The highest BCUT2D eigenvalue weighted by Gasteiger charge is 2.38. The van der Waals surface area contributed by atoms with E-state index in [4.69, 9.17) is 10.00 Å². The molecule has 2 fully saturated rings. The van der Waals surface area contributed by atoms with Crippen LogP contribution >= 0.6 is 0 Å². The molecule has 190 valence electrons. The van der Waals surface area contributed by atoms with Crippen molar-refractivity contribution < 1.29 is 18.7 Å². The first-order valence-electron chi connectivity index (χ1n) is 12.6. The number of amides is 3. The number of anilines is 1. The van der Waals surface area contributed by atoms with E-state index in [1.54, 1.807) is 35.2 Å². The van der Waals surface area contributed by atoms with E-state index in [-0.39, 0.29) is 44.0 Å². The molecule has 36 heavy (non-hydrogen) atoms. The first-order valence-corrected chi connectivity index (χ1v) is 12.6. The summed E-state index contributed by atoms with van der Waals surface area (Å²) in [6.45, 7) is 5.64. The number of aryl methyl sites for hydroxylation is 2. The molecule has 0 spiro atoms. The SMILES string of the molecule is CCc1cc(C)c(NC(=O)NC[C@H]2CCCO2)cc1C(=O)N1CCC(F)(c2ccc(C#N)cc2)CC1. The number of rotatable bonds is 6. The number of halogens is 1. The molecule has 0 bridgehead atoms. The molecule has 1 atom stereocenters. The van der Waals surface area contributed by atoms with Crippen molar-refractivity contribution in [2.24, 2.45) is 0 Å². The van der Waals surface area contributed by atoms with E-state index < -0.39 is 5.67 Å². The zero-order valence-corrected chi connectivity index (χ0v) is 20.9. The van der Waals surface area contributed by atoms with E-state index in [2.05, 4.69) is 10.6 Å². The van der Waals surface area contributed by atoms with Gasteiger partial charge in [-0.2, -0.15) is 5.26 Å². The molecule has 2 aliphatic rings. The first kappa shape index (κ1) is 25.6. The standard InChI is InChI=1S/C28H33FN4O3/c1-3-21-15-19(2)25(32-27(35)31-18-23-5-4-14-36-23)16-24(21)26(34)33-12-10-28(29,11-13-33)22-8-6-20(17-30)7-9-22/h6-9,15-16,23H,3-5,10-14,18H2,1-2H3,(H2,31,32,35)/t23-/m1/s1. The van der Waals surface area contributed by atoms with E-state index >= 15 is 4.39 Å². The lowest BCUT2D eigenvalue weighted by Crippen LogP contribution is -2.43. The number of carbonyl (C=O) groups is 2. The quantitative estimate of drug-likeness (QED) is 0.604. The molecule has 2 aromatic rings.